The van der Waals surface area contributed by atoms with E-state index in [1.54, 1.807) is 5.32 Å². The van der Waals surface area contributed by atoms with Crippen molar-refractivity contribution < 1.29 is 32.8 Å². The third-order valence-electron chi connectivity index (χ3n) is 2.38. The molecule has 0 aliphatic rings. The van der Waals surface area contributed by atoms with Crippen LogP contribution in [0.2, 0.25) is 0 Å². The van der Waals surface area contributed by atoms with Gasteiger partial charge in [-0.15, -0.1) is 0 Å². The molecule has 1 amide bonds. The van der Waals surface area contributed by atoms with Crippen LogP contribution in [0.1, 0.15) is 16.8 Å². The molecule has 1 atom stereocenters. The number of carbonyl (C=O) groups is 2. The Balaban J connectivity index is 2.82. The van der Waals surface area contributed by atoms with Crippen LogP contribution in [0.5, 0.6) is 0 Å². The lowest BCUT2D eigenvalue weighted by Gasteiger charge is -2.16. The summed E-state index contributed by atoms with van der Waals surface area (Å²) in [5.74, 6) is -2.90. The van der Waals surface area contributed by atoms with Gasteiger partial charge in [0.05, 0.1) is 11.3 Å². The predicted molar refractivity (Wildman–Crippen MR) is 62.7 cm³/mol. The number of amides is 1. The number of rotatable bonds is 5. The summed E-state index contributed by atoms with van der Waals surface area (Å²) in [6.07, 6.45) is -6.48. The zero-order chi connectivity index (χ0) is 16.2. The van der Waals surface area contributed by atoms with E-state index in [0.29, 0.717) is 0 Å². The van der Waals surface area contributed by atoms with Crippen molar-refractivity contribution in [1.29, 1.82) is 0 Å². The van der Waals surface area contributed by atoms with Crippen LogP contribution in [0.25, 0.3) is 0 Å². The van der Waals surface area contributed by atoms with E-state index < -0.39 is 35.4 Å². The molecule has 0 fully saturated rings. The van der Waals surface area contributed by atoms with Gasteiger partial charge in [-0.1, -0.05) is 0 Å². The molecule has 1 aromatic rings. The number of aliphatic carboxylic acids is 1. The van der Waals surface area contributed by atoms with Gasteiger partial charge < -0.3 is 10.4 Å². The summed E-state index contributed by atoms with van der Waals surface area (Å²) in [5, 5.41) is 20.8. The Bertz CT molecular complexity index is 556. The highest BCUT2D eigenvalue weighted by Gasteiger charge is 2.36. The second kappa shape index (κ2) is 6.20. The lowest BCUT2D eigenvalue weighted by Crippen LogP contribution is -2.43. The SMILES string of the molecule is O=C(NC(CC(F)(F)F)C(=O)O)c1ccc([N+](=O)[O-])cc1. The monoisotopic (exact) mass is 306 g/mol. The van der Waals surface area contributed by atoms with Crippen molar-refractivity contribution >= 4 is 17.6 Å². The fraction of sp³-hybridized carbons (Fsp3) is 0.273. The molecule has 0 saturated heterocycles. The summed E-state index contributed by atoms with van der Waals surface area (Å²) in [6.45, 7) is 0. The Morgan fingerprint density at radius 3 is 2.19 bits per heavy atom. The maximum absolute atomic E-state index is 12.2. The molecule has 2 N–H and O–H groups in total. The predicted octanol–water partition coefficient (Wildman–Crippen LogP) is 1.73. The van der Waals surface area contributed by atoms with Crippen LogP contribution in [0.15, 0.2) is 24.3 Å². The minimum absolute atomic E-state index is 0.186. The third kappa shape index (κ3) is 5.09. The number of carboxylic acids is 1. The molecular weight excluding hydrogens is 297 g/mol. The molecule has 0 bridgehead atoms. The number of alkyl halides is 3. The summed E-state index contributed by atoms with van der Waals surface area (Å²) in [4.78, 5) is 32.0. The topological polar surface area (TPSA) is 110 Å². The number of hydrogen-bond acceptors (Lipinski definition) is 4. The molecular formula is C11H9F3N2O5. The standard InChI is InChI=1S/C11H9F3N2O5/c12-11(13,14)5-8(10(18)19)15-9(17)6-1-3-7(4-2-6)16(20)21/h1-4,8H,5H2,(H,15,17)(H,18,19). The zero-order valence-electron chi connectivity index (χ0n) is 10.3. The summed E-state index contributed by atoms with van der Waals surface area (Å²) in [6, 6.07) is 1.86. The quantitative estimate of drug-likeness (QED) is 0.636. The highest BCUT2D eigenvalue weighted by Crippen LogP contribution is 2.22. The average Bonchev–Trinajstić information content (AvgIpc) is 2.36. The highest BCUT2D eigenvalue weighted by atomic mass is 19.4. The number of halogens is 3. The van der Waals surface area contributed by atoms with Gasteiger partial charge in [-0.2, -0.15) is 13.2 Å². The summed E-state index contributed by atoms with van der Waals surface area (Å²) in [7, 11) is 0. The number of carbonyl (C=O) groups excluding carboxylic acids is 1. The summed E-state index contributed by atoms with van der Waals surface area (Å²) in [5.41, 5.74) is -0.495. The van der Waals surface area contributed by atoms with Gasteiger partial charge in [0.25, 0.3) is 11.6 Å². The number of nitro groups is 1. The average molecular weight is 306 g/mol. The van der Waals surface area contributed by atoms with Crippen LogP contribution in [-0.2, 0) is 4.79 Å². The number of nitro benzene ring substituents is 1. The van der Waals surface area contributed by atoms with E-state index in [4.69, 9.17) is 5.11 Å². The van der Waals surface area contributed by atoms with Crippen molar-refractivity contribution in [2.75, 3.05) is 0 Å². The van der Waals surface area contributed by atoms with E-state index in [1.807, 2.05) is 0 Å². The van der Waals surface area contributed by atoms with Crippen LogP contribution in [0.3, 0.4) is 0 Å². The van der Waals surface area contributed by atoms with Gasteiger partial charge in [0, 0.05) is 17.7 Å². The largest absolute Gasteiger partial charge is 0.480 e. The molecule has 0 spiro atoms. The number of hydrogen-bond donors (Lipinski definition) is 2. The van der Waals surface area contributed by atoms with E-state index in [-0.39, 0.29) is 11.3 Å². The van der Waals surface area contributed by atoms with Crippen molar-refractivity contribution in [2.45, 2.75) is 18.6 Å². The zero-order valence-corrected chi connectivity index (χ0v) is 10.3. The van der Waals surface area contributed by atoms with Gasteiger partial charge in [0.2, 0.25) is 0 Å². The molecule has 0 saturated carbocycles. The van der Waals surface area contributed by atoms with E-state index in [9.17, 15) is 32.9 Å². The van der Waals surface area contributed by atoms with Crippen molar-refractivity contribution in [3.8, 4) is 0 Å². The van der Waals surface area contributed by atoms with E-state index in [2.05, 4.69) is 0 Å². The first-order valence-electron chi connectivity index (χ1n) is 5.45. The number of nitrogens with one attached hydrogen (secondary N) is 1. The van der Waals surface area contributed by atoms with Crippen molar-refractivity contribution in [3.05, 3.63) is 39.9 Å². The molecule has 0 aliphatic heterocycles. The lowest BCUT2D eigenvalue weighted by atomic mass is 10.1. The first kappa shape index (κ1) is 16.4. The lowest BCUT2D eigenvalue weighted by molar-refractivity contribution is -0.384. The number of nitrogens with zero attached hydrogens (tertiary/aromatic N) is 1. The van der Waals surface area contributed by atoms with Crippen LogP contribution in [-0.4, -0.2) is 34.1 Å². The second-order valence-electron chi connectivity index (χ2n) is 3.99. The molecule has 0 aliphatic carbocycles. The van der Waals surface area contributed by atoms with Gasteiger partial charge in [-0.25, -0.2) is 4.79 Å². The number of carboxylic acid groups (broad SMARTS) is 1. The summed E-state index contributed by atoms with van der Waals surface area (Å²) >= 11 is 0. The van der Waals surface area contributed by atoms with Crippen molar-refractivity contribution in [1.82, 2.24) is 5.32 Å². The molecule has 1 unspecified atom stereocenters. The molecule has 1 aromatic carbocycles. The smallest absolute Gasteiger partial charge is 0.391 e. The first-order valence-corrected chi connectivity index (χ1v) is 5.45. The maximum atomic E-state index is 12.2. The van der Waals surface area contributed by atoms with Crippen molar-refractivity contribution in [3.63, 3.8) is 0 Å². The molecule has 10 heteroatoms. The Morgan fingerprint density at radius 2 is 1.81 bits per heavy atom. The van der Waals surface area contributed by atoms with Gasteiger partial charge in [0.15, 0.2) is 0 Å². The fourth-order valence-corrected chi connectivity index (χ4v) is 1.41. The normalized spacial score (nSPS) is 12.5. The van der Waals surface area contributed by atoms with Crippen LogP contribution < -0.4 is 5.32 Å². The molecule has 114 valence electrons. The minimum atomic E-state index is -4.76. The fourth-order valence-electron chi connectivity index (χ4n) is 1.41. The van der Waals surface area contributed by atoms with Crippen LogP contribution in [0, 0.1) is 10.1 Å². The van der Waals surface area contributed by atoms with E-state index >= 15 is 0 Å². The Kier molecular flexibility index (Phi) is 4.84. The second-order valence-corrected chi connectivity index (χ2v) is 3.99. The van der Waals surface area contributed by atoms with Crippen LogP contribution in [0.4, 0.5) is 18.9 Å². The van der Waals surface area contributed by atoms with Crippen molar-refractivity contribution in [2.24, 2.45) is 0 Å². The van der Waals surface area contributed by atoms with E-state index in [0.717, 1.165) is 24.3 Å². The Hall–Kier alpha value is -2.65. The maximum Gasteiger partial charge on any atom is 0.391 e. The van der Waals surface area contributed by atoms with Gasteiger partial charge in [0.1, 0.15) is 6.04 Å². The van der Waals surface area contributed by atoms with E-state index in [1.165, 1.54) is 0 Å². The Morgan fingerprint density at radius 1 is 1.29 bits per heavy atom. The van der Waals surface area contributed by atoms with Crippen LogP contribution >= 0.6 is 0 Å². The number of benzene rings is 1. The van der Waals surface area contributed by atoms with Gasteiger partial charge in [-0.05, 0) is 12.1 Å². The summed E-state index contributed by atoms with van der Waals surface area (Å²) < 4.78 is 36.5. The van der Waals surface area contributed by atoms with Gasteiger partial charge >= 0.3 is 12.1 Å². The van der Waals surface area contributed by atoms with Gasteiger partial charge in [-0.3, -0.25) is 14.9 Å². The number of non-ortho nitro benzene ring substituents is 1. The molecule has 7 nitrogen and oxygen atoms in total. The highest BCUT2D eigenvalue weighted by molar-refractivity contribution is 5.96. The first-order chi connectivity index (χ1) is 9.60. The molecule has 0 radical (unpaired) electrons. The molecule has 0 heterocycles. The molecule has 21 heavy (non-hydrogen) atoms. The molecule has 0 aromatic heterocycles. The Labute approximate surface area is 115 Å². The third-order valence-corrected chi connectivity index (χ3v) is 2.38. The molecule has 1 rings (SSSR count). The minimum Gasteiger partial charge on any atom is -0.480 e.